The van der Waals surface area contributed by atoms with Gasteiger partial charge in [-0.15, -0.1) is 0 Å². The number of nitro benzene ring substituents is 1. The molecule has 5 nitrogen and oxygen atoms in total. The predicted octanol–water partition coefficient (Wildman–Crippen LogP) is 3.04. The first-order valence-corrected chi connectivity index (χ1v) is 6.49. The normalized spacial score (nSPS) is 10.4. The molecule has 0 aliphatic carbocycles. The fourth-order valence-electron chi connectivity index (χ4n) is 1.67. The number of pyridine rings is 1. The number of benzene rings is 1. The molecule has 1 aromatic carbocycles. The maximum absolute atomic E-state index is 10.9. The van der Waals surface area contributed by atoms with Crippen molar-refractivity contribution < 1.29 is 4.92 Å². The van der Waals surface area contributed by atoms with Crippen LogP contribution in [-0.4, -0.2) is 9.91 Å². The monoisotopic (exact) mass is 321 g/mol. The number of rotatable bonds is 5. The number of halogens is 1. The van der Waals surface area contributed by atoms with E-state index in [1.165, 1.54) is 6.07 Å². The van der Waals surface area contributed by atoms with Crippen molar-refractivity contribution in [2.75, 3.05) is 0 Å². The van der Waals surface area contributed by atoms with Gasteiger partial charge in [0.15, 0.2) is 0 Å². The summed E-state index contributed by atoms with van der Waals surface area (Å²) in [5, 5.41) is 14.0. The van der Waals surface area contributed by atoms with Crippen LogP contribution in [0.15, 0.2) is 47.1 Å². The topological polar surface area (TPSA) is 68.1 Å². The van der Waals surface area contributed by atoms with E-state index in [0.717, 1.165) is 10.2 Å². The van der Waals surface area contributed by atoms with Crippen molar-refractivity contribution in [2.45, 2.75) is 13.1 Å². The zero-order valence-electron chi connectivity index (χ0n) is 10.0. The first-order chi connectivity index (χ1) is 9.16. The highest BCUT2D eigenvalue weighted by molar-refractivity contribution is 9.10. The van der Waals surface area contributed by atoms with E-state index in [4.69, 9.17) is 0 Å². The van der Waals surface area contributed by atoms with Gasteiger partial charge in [0.05, 0.1) is 10.6 Å². The smallest absolute Gasteiger partial charge is 0.273 e. The van der Waals surface area contributed by atoms with Crippen LogP contribution in [0.2, 0.25) is 0 Å². The molecule has 1 aromatic heterocycles. The van der Waals surface area contributed by atoms with Crippen molar-refractivity contribution in [3.05, 3.63) is 68.4 Å². The van der Waals surface area contributed by atoms with Crippen LogP contribution < -0.4 is 5.32 Å². The number of nitro groups is 1. The van der Waals surface area contributed by atoms with Crippen LogP contribution in [0.1, 0.15) is 11.3 Å². The molecule has 98 valence electrons. The average Bonchev–Trinajstić information content (AvgIpc) is 2.41. The molecule has 19 heavy (non-hydrogen) atoms. The van der Waals surface area contributed by atoms with Gasteiger partial charge >= 0.3 is 0 Å². The molecule has 0 aliphatic rings. The van der Waals surface area contributed by atoms with Gasteiger partial charge in [0.2, 0.25) is 0 Å². The molecule has 2 aromatic rings. The zero-order chi connectivity index (χ0) is 13.7. The summed E-state index contributed by atoms with van der Waals surface area (Å²) in [6.45, 7) is 1.01. The van der Waals surface area contributed by atoms with E-state index in [-0.39, 0.29) is 10.6 Å². The fourth-order valence-corrected chi connectivity index (χ4v) is 1.91. The van der Waals surface area contributed by atoms with E-state index in [2.05, 4.69) is 26.2 Å². The number of hydrogen-bond donors (Lipinski definition) is 1. The van der Waals surface area contributed by atoms with Gasteiger partial charge in [0, 0.05) is 35.4 Å². The van der Waals surface area contributed by atoms with Gasteiger partial charge in [-0.25, -0.2) is 0 Å². The van der Waals surface area contributed by atoms with E-state index in [0.29, 0.717) is 18.7 Å². The molecule has 1 heterocycles. The summed E-state index contributed by atoms with van der Waals surface area (Å²) in [6, 6.07) is 10.5. The summed E-state index contributed by atoms with van der Waals surface area (Å²) in [6.07, 6.45) is 1.72. The Kier molecular flexibility index (Phi) is 4.59. The molecule has 0 unspecified atom stereocenters. The van der Waals surface area contributed by atoms with E-state index in [1.807, 2.05) is 12.1 Å². The van der Waals surface area contributed by atoms with Crippen LogP contribution in [0, 0.1) is 10.1 Å². The molecule has 0 bridgehead atoms. The highest BCUT2D eigenvalue weighted by Gasteiger charge is 2.11. The third-order valence-corrected chi connectivity index (χ3v) is 3.07. The molecule has 0 aliphatic heterocycles. The molecule has 0 amide bonds. The largest absolute Gasteiger partial charge is 0.307 e. The quantitative estimate of drug-likeness (QED) is 0.679. The second kappa shape index (κ2) is 6.40. The van der Waals surface area contributed by atoms with E-state index in [9.17, 15) is 10.1 Å². The van der Waals surface area contributed by atoms with Gasteiger partial charge < -0.3 is 5.32 Å². The molecular weight excluding hydrogens is 310 g/mol. The van der Waals surface area contributed by atoms with Crippen LogP contribution in [0.4, 0.5) is 5.69 Å². The lowest BCUT2D eigenvalue weighted by molar-refractivity contribution is -0.385. The lowest BCUT2D eigenvalue weighted by Crippen LogP contribution is -2.14. The maximum Gasteiger partial charge on any atom is 0.273 e. The van der Waals surface area contributed by atoms with Gasteiger partial charge in [-0.1, -0.05) is 18.2 Å². The predicted molar refractivity (Wildman–Crippen MR) is 75.6 cm³/mol. The summed E-state index contributed by atoms with van der Waals surface area (Å²) in [5.74, 6) is 0. The van der Waals surface area contributed by atoms with Crippen LogP contribution in [0.25, 0.3) is 0 Å². The highest BCUT2D eigenvalue weighted by atomic mass is 79.9. The van der Waals surface area contributed by atoms with Crippen molar-refractivity contribution in [3.8, 4) is 0 Å². The van der Waals surface area contributed by atoms with Crippen molar-refractivity contribution >= 4 is 21.6 Å². The Morgan fingerprint density at radius 2 is 2.00 bits per heavy atom. The fraction of sp³-hybridized carbons (Fsp3) is 0.154. The summed E-state index contributed by atoms with van der Waals surface area (Å²) < 4.78 is 0.926. The van der Waals surface area contributed by atoms with E-state index >= 15 is 0 Å². The first kappa shape index (κ1) is 13.6. The zero-order valence-corrected chi connectivity index (χ0v) is 11.6. The number of hydrogen-bond acceptors (Lipinski definition) is 4. The highest BCUT2D eigenvalue weighted by Crippen LogP contribution is 2.17. The minimum atomic E-state index is -0.366. The third-order valence-electron chi connectivity index (χ3n) is 2.60. The summed E-state index contributed by atoms with van der Waals surface area (Å²) >= 11 is 3.32. The van der Waals surface area contributed by atoms with Gasteiger partial charge in [-0.05, 0) is 28.1 Å². The van der Waals surface area contributed by atoms with E-state index in [1.54, 1.807) is 24.4 Å². The lowest BCUT2D eigenvalue weighted by Gasteiger charge is -2.05. The van der Waals surface area contributed by atoms with Crippen LogP contribution in [-0.2, 0) is 13.1 Å². The third kappa shape index (κ3) is 3.84. The number of nitrogens with zero attached hydrogens (tertiary/aromatic N) is 2. The van der Waals surface area contributed by atoms with Gasteiger partial charge in [0.1, 0.15) is 0 Å². The number of aromatic nitrogens is 1. The van der Waals surface area contributed by atoms with Crippen molar-refractivity contribution in [1.29, 1.82) is 0 Å². The second-order valence-electron chi connectivity index (χ2n) is 3.96. The standard InChI is InChI=1S/C13H12BrN3O2/c14-11-5-6-12(16-8-11)9-15-7-10-3-1-2-4-13(10)17(18)19/h1-6,8,15H,7,9H2. The lowest BCUT2D eigenvalue weighted by atomic mass is 10.2. The van der Waals surface area contributed by atoms with Gasteiger partial charge in [-0.3, -0.25) is 15.1 Å². The Hall–Kier alpha value is -1.79. The minimum absolute atomic E-state index is 0.138. The molecule has 0 spiro atoms. The number of nitrogens with one attached hydrogen (secondary N) is 1. The van der Waals surface area contributed by atoms with Crippen LogP contribution in [0.5, 0.6) is 0 Å². The minimum Gasteiger partial charge on any atom is -0.307 e. The Morgan fingerprint density at radius 3 is 2.68 bits per heavy atom. The Morgan fingerprint density at radius 1 is 1.21 bits per heavy atom. The SMILES string of the molecule is O=[N+]([O-])c1ccccc1CNCc1ccc(Br)cn1. The number of para-hydroxylation sites is 1. The Bertz CT molecular complexity index is 572. The maximum atomic E-state index is 10.9. The Labute approximate surface area is 119 Å². The first-order valence-electron chi connectivity index (χ1n) is 5.70. The molecular formula is C13H12BrN3O2. The molecule has 0 fully saturated rings. The molecule has 0 atom stereocenters. The molecule has 1 N–H and O–H groups in total. The average molecular weight is 322 g/mol. The van der Waals surface area contributed by atoms with Crippen LogP contribution in [0.3, 0.4) is 0 Å². The van der Waals surface area contributed by atoms with Gasteiger partial charge in [0.25, 0.3) is 5.69 Å². The summed E-state index contributed by atoms with van der Waals surface area (Å²) in [5.41, 5.74) is 1.70. The molecule has 0 radical (unpaired) electrons. The molecule has 0 saturated heterocycles. The van der Waals surface area contributed by atoms with Crippen LogP contribution >= 0.6 is 15.9 Å². The van der Waals surface area contributed by atoms with E-state index < -0.39 is 0 Å². The van der Waals surface area contributed by atoms with Crippen molar-refractivity contribution in [2.24, 2.45) is 0 Å². The van der Waals surface area contributed by atoms with Gasteiger partial charge in [-0.2, -0.15) is 0 Å². The Balaban J connectivity index is 1.96. The van der Waals surface area contributed by atoms with Crippen molar-refractivity contribution in [1.82, 2.24) is 10.3 Å². The molecule has 6 heteroatoms. The summed E-state index contributed by atoms with van der Waals surface area (Å²) in [4.78, 5) is 14.7. The molecule has 2 rings (SSSR count). The van der Waals surface area contributed by atoms with Crippen molar-refractivity contribution in [3.63, 3.8) is 0 Å². The second-order valence-corrected chi connectivity index (χ2v) is 4.87. The summed E-state index contributed by atoms with van der Waals surface area (Å²) in [7, 11) is 0. The molecule has 0 saturated carbocycles.